The standard InChI is InChI=1S/C27H36FN5O20P2/c1-10(34)44-6-16(46-11(2)35)20-21(47-12(3)36)22(48-13(4)37)23(49-14(5)38)27(51-20)52-55(42,43)53-54(40,41)45-7-15-19(39)17(28)26(50-15)33-9-32-18-24(29)30-8-31-25(18)33/h8-9,15-17,19-23,26-27,39H,6-7H2,1-5H3,(H,40,41)(H,42,43)(H2,29,30,31)/t15-,16-,17?,19?,20?,21-,22?,23?,26-,27+/m1/s1. The third-order valence-electron chi connectivity index (χ3n) is 7.37. The van der Waals surface area contributed by atoms with Crippen molar-refractivity contribution in [2.45, 2.75) is 96.0 Å². The Balaban J connectivity index is 1.57. The molecule has 306 valence electrons. The van der Waals surface area contributed by atoms with Crippen LogP contribution >= 0.6 is 15.6 Å². The lowest BCUT2D eigenvalue weighted by atomic mass is 9.94. The Morgan fingerprint density at radius 2 is 1.51 bits per heavy atom. The predicted molar refractivity (Wildman–Crippen MR) is 170 cm³/mol. The van der Waals surface area contributed by atoms with Gasteiger partial charge in [0, 0.05) is 34.6 Å². The van der Waals surface area contributed by atoms with Crippen molar-refractivity contribution < 1.29 is 98.9 Å². The first-order valence-electron chi connectivity index (χ1n) is 15.7. The monoisotopic (exact) mass is 831 g/mol. The number of aromatic nitrogens is 4. The highest BCUT2D eigenvalue weighted by Crippen LogP contribution is 2.62. The van der Waals surface area contributed by atoms with E-state index in [-0.39, 0.29) is 17.0 Å². The van der Waals surface area contributed by atoms with Gasteiger partial charge in [-0.05, 0) is 0 Å². The zero-order chi connectivity index (χ0) is 41.0. The SMILES string of the molecule is CC(=O)OC[C@@H](OC(C)=O)C1O[C@@H](OP(=O)(O)OP(=O)(O)OC[C@H]2O[C@@H](n3cnc4c(N)ncnc43)C(F)C2O)C(OC(C)=O)C(OC(C)=O)[C@@H]1OC(C)=O. The second-order valence-electron chi connectivity index (χ2n) is 11.6. The second-order valence-corrected chi connectivity index (χ2v) is 14.6. The van der Waals surface area contributed by atoms with E-state index in [0.29, 0.717) is 0 Å². The van der Waals surface area contributed by atoms with Gasteiger partial charge >= 0.3 is 45.5 Å². The predicted octanol–water partition coefficient (Wildman–Crippen LogP) is -0.730. The van der Waals surface area contributed by atoms with Crippen LogP contribution in [0.4, 0.5) is 10.2 Å². The summed E-state index contributed by atoms with van der Waals surface area (Å²) in [6, 6.07) is 0. The van der Waals surface area contributed by atoms with Crippen molar-refractivity contribution in [2.75, 3.05) is 18.9 Å². The minimum Gasteiger partial charge on any atom is -0.462 e. The second kappa shape index (κ2) is 17.7. The average molecular weight is 832 g/mol. The van der Waals surface area contributed by atoms with Gasteiger partial charge in [0.15, 0.2) is 48.3 Å². The van der Waals surface area contributed by atoms with Crippen LogP contribution in [-0.4, -0.2) is 133 Å². The van der Waals surface area contributed by atoms with E-state index in [2.05, 4.69) is 19.3 Å². The number of phosphoric acid groups is 2. The van der Waals surface area contributed by atoms with Crippen LogP contribution in [0.1, 0.15) is 40.8 Å². The van der Waals surface area contributed by atoms with Crippen LogP contribution in [0.3, 0.4) is 0 Å². The van der Waals surface area contributed by atoms with Crippen molar-refractivity contribution >= 4 is 62.5 Å². The fraction of sp³-hybridized carbons (Fsp3) is 0.630. The maximum absolute atomic E-state index is 15.2. The molecule has 2 fully saturated rings. The highest BCUT2D eigenvalue weighted by atomic mass is 31.3. The highest BCUT2D eigenvalue weighted by molar-refractivity contribution is 7.61. The lowest BCUT2D eigenvalue weighted by molar-refractivity contribution is -0.301. The minimum absolute atomic E-state index is 0.0170. The number of hydrogen-bond acceptors (Lipinski definition) is 22. The van der Waals surface area contributed by atoms with Crippen LogP contribution in [0.15, 0.2) is 12.7 Å². The van der Waals surface area contributed by atoms with E-state index >= 15 is 4.39 Å². The van der Waals surface area contributed by atoms with Gasteiger partial charge in [0.2, 0.25) is 6.29 Å². The summed E-state index contributed by atoms with van der Waals surface area (Å²) in [5.41, 5.74) is 5.84. The van der Waals surface area contributed by atoms with Gasteiger partial charge in [-0.2, -0.15) is 4.31 Å². The number of hydrogen-bond donors (Lipinski definition) is 4. The Hall–Kier alpha value is -4.23. The van der Waals surface area contributed by atoms with Gasteiger partial charge in [-0.1, -0.05) is 0 Å². The number of rotatable bonds is 15. The average Bonchev–Trinajstić information content (AvgIpc) is 3.60. The van der Waals surface area contributed by atoms with Gasteiger partial charge in [0.25, 0.3) is 0 Å². The number of aliphatic hydroxyl groups excluding tert-OH is 1. The highest BCUT2D eigenvalue weighted by Gasteiger charge is 2.57. The fourth-order valence-electron chi connectivity index (χ4n) is 5.39. The molecular formula is C27H36FN5O20P2. The summed E-state index contributed by atoms with van der Waals surface area (Å²) in [6.07, 6.45) is -17.4. The van der Waals surface area contributed by atoms with Gasteiger partial charge in [0.1, 0.15) is 36.8 Å². The fourth-order valence-corrected chi connectivity index (χ4v) is 7.54. The lowest BCUT2D eigenvalue weighted by Crippen LogP contribution is -2.65. The Morgan fingerprint density at radius 1 is 0.891 bits per heavy atom. The number of ether oxygens (including phenoxy) is 7. The first-order valence-corrected chi connectivity index (χ1v) is 18.7. The molecule has 25 nitrogen and oxygen atoms in total. The molecule has 2 aromatic heterocycles. The topological polar surface area (TPSA) is 342 Å². The van der Waals surface area contributed by atoms with E-state index in [1.165, 1.54) is 0 Å². The number of nitrogens with zero attached hydrogens (tertiary/aromatic N) is 4. The van der Waals surface area contributed by atoms with Crippen molar-refractivity contribution in [2.24, 2.45) is 0 Å². The summed E-state index contributed by atoms with van der Waals surface area (Å²) in [4.78, 5) is 92.7. The molecule has 0 spiro atoms. The number of alkyl halides is 1. The number of halogens is 1. The molecule has 5 N–H and O–H groups in total. The summed E-state index contributed by atoms with van der Waals surface area (Å²) < 4.78 is 93.1. The smallest absolute Gasteiger partial charge is 0.462 e. The van der Waals surface area contributed by atoms with E-state index in [4.69, 9.17) is 47.9 Å². The quantitative estimate of drug-likeness (QED) is 0.0976. The molecule has 0 aromatic carbocycles. The number of carbonyl (C=O) groups excluding carboxylic acids is 5. The van der Waals surface area contributed by atoms with E-state index in [1.807, 2.05) is 0 Å². The molecule has 0 amide bonds. The molecule has 55 heavy (non-hydrogen) atoms. The first-order chi connectivity index (χ1) is 25.6. The molecule has 7 unspecified atom stereocenters. The first kappa shape index (κ1) is 43.5. The third kappa shape index (κ3) is 11.2. The summed E-state index contributed by atoms with van der Waals surface area (Å²) in [5, 5.41) is 10.5. The van der Waals surface area contributed by atoms with Crippen LogP contribution in [0.25, 0.3) is 11.2 Å². The molecule has 0 aliphatic carbocycles. The van der Waals surface area contributed by atoms with Crippen LogP contribution in [0, 0.1) is 0 Å². The van der Waals surface area contributed by atoms with Crippen LogP contribution in [0.5, 0.6) is 0 Å². The number of nitrogens with two attached hydrogens (primary N) is 1. The molecule has 2 saturated heterocycles. The van der Waals surface area contributed by atoms with Crippen molar-refractivity contribution in [3.05, 3.63) is 12.7 Å². The molecule has 28 heteroatoms. The third-order valence-corrected chi connectivity index (χ3v) is 9.97. The summed E-state index contributed by atoms with van der Waals surface area (Å²) >= 11 is 0. The number of aliphatic hydroxyl groups is 1. The maximum Gasteiger partial charge on any atom is 0.483 e. The number of imidazole rings is 1. The molecule has 0 bridgehead atoms. The van der Waals surface area contributed by atoms with Crippen LogP contribution in [0.2, 0.25) is 0 Å². The number of carbonyl (C=O) groups is 5. The Morgan fingerprint density at radius 3 is 2.11 bits per heavy atom. The van der Waals surface area contributed by atoms with Crippen molar-refractivity contribution in [1.82, 2.24) is 19.5 Å². The number of phosphoric ester groups is 2. The van der Waals surface area contributed by atoms with Gasteiger partial charge in [-0.3, -0.25) is 37.6 Å². The summed E-state index contributed by atoms with van der Waals surface area (Å²) in [6.45, 7) is 2.58. The Kier molecular flexibility index (Phi) is 14.0. The molecule has 12 atom stereocenters. The van der Waals surface area contributed by atoms with Crippen LogP contribution in [-0.2, 0) is 79.6 Å². The minimum atomic E-state index is -5.97. The van der Waals surface area contributed by atoms with Crippen LogP contribution < -0.4 is 5.73 Å². The maximum atomic E-state index is 15.2. The molecule has 0 saturated carbocycles. The van der Waals surface area contributed by atoms with E-state index in [0.717, 1.165) is 51.8 Å². The van der Waals surface area contributed by atoms with Crippen molar-refractivity contribution in [3.63, 3.8) is 0 Å². The number of anilines is 1. The molecule has 2 aliphatic heterocycles. The van der Waals surface area contributed by atoms with E-state index in [9.17, 15) is 48.0 Å². The zero-order valence-electron chi connectivity index (χ0n) is 29.3. The zero-order valence-corrected chi connectivity index (χ0v) is 31.1. The number of esters is 5. The Labute approximate surface area is 308 Å². The molecular weight excluding hydrogens is 795 g/mol. The number of fused-ring (bicyclic) bond motifs is 1. The largest absolute Gasteiger partial charge is 0.483 e. The van der Waals surface area contributed by atoms with E-state index < -0.39 is 120 Å². The summed E-state index contributed by atoms with van der Waals surface area (Å²) in [7, 11) is -11.7. The number of nitrogen functional groups attached to an aromatic ring is 1. The van der Waals surface area contributed by atoms with Crippen molar-refractivity contribution in [3.8, 4) is 0 Å². The molecule has 0 radical (unpaired) electrons. The van der Waals surface area contributed by atoms with Gasteiger partial charge in [-0.15, -0.1) is 0 Å². The Bertz CT molecular complexity index is 1870. The van der Waals surface area contributed by atoms with Crippen molar-refractivity contribution in [1.29, 1.82) is 0 Å². The van der Waals surface area contributed by atoms with Gasteiger partial charge in [0.05, 0.1) is 12.9 Å². The molecule has 4 heterocycles. The van der Waals surface area contributed by atoms with Gasteiger partial charge < -0.3 is 53.8 Å². The normalized spacial score (nSPS) is 29.3. The molecule has 4 rings (SSSR count). The van der Waals surface area contributed by atoms with E-state index in [1.54, 1.807) is 0 Å². The van der Waals surface area contributed by atoms with Gasteiger partial charge in [-0.25, -0.2) is 28.5 Å². The molecule has 2 aromatic rings. The summed E-state index contributed by atoms with van der Waals surface area (Å²) in [5.74, 6) is -5.27. The molecule has 2 aliphatic rings. The lowest BCUT2D eigenvalue weighted by Gasteiger charge is -2.45.